The van der Waals surface area contributed by atoms with Crippen LogP contribution in [0.5, 0.6) is 11.5 Å². The predicted octanol–water partition coefficient (Wildman–Crippen LogP) is 3.74. The molecule has 0 bridgehead atoms. The summed E-state index contributed by atoms with van der Waals surface area (Å²) in [5.74, 6) is 1.25. The van der Waals surface area contributed by atoms with E-state index in [0.29, 0.717) is 28.1 Å². The van der Waals surface area contributed by atoms with Crippen molar-refractivity contribution in [3.8, 4) is 11.5 Å². The molecule has 0 fully saturated rings. The van der Waals surface area contributed by atoms with E-state index in [1.165, 1.54) is 0 Å². The Morgan fingerprint density at radius 1 is 1.00 bits per heavy atom. The summed E-state index contributed by atoms with van der Waals surface area (Å²) >= 11 is 11.8. The van der Waals surface area contributed by atoms with E-state index >= 15 is 0 Å². The van der Waals surface area contributed by atoms with Crippen LogP contribution in [0, 0.1) is 0 Å². The summed E-state index contributed by atoms with van der Waals surface area (Å²) in [7, 11) is 0. The smallest absolute Gasteiger partial charge is 0.130 e. The predicted molar refractivity (Wildman–Crippen MR) is 79.0 cm³/mol. The molecule has 0 saturated carbocycles. The molecular formula is C14H14Cl2N2O. The molecule has 0 saturated heterocycles. The van der Waals surface area contributed by atoms with Gasteiger partial charge in [0.1, 0.15) is 11.5 Å². The summed E-state index contributed by atoms with van der Waals surface area (Å²) in [6.45, 7) is 0.381. The highest BCUT2D eigenvalue weighted by molar-refractivity contribution is 6.34. The highest BCUT2D eigenvalue weighted by atomic mass is 35.5. The summed E-state index contributed by atoms with van der Waals surface area (Å²) in [6, 6.07) is 12.3. The average Bonchev–Trinajstić information content (AvgIpc) is 2.37. The highest BCUT2D eigenvalue weighted by Gasteiger charge is 2.06. The molecule has 0 amide bonds. The molecule has 5 heteroatoms. The first-order valence-electron chi connectivity index (χ1n) is 5.78. The van der Waals surface area contributed by atoms with Crippen LogP contribution in [0.3, 0.4) is 0 Å². The lowest BCUT2D eigenvalue weighted by Crippen LogP contribution is -2.20. The molecule has 1 atom stereocenters. The maximum absolute atomic E-state index is 5.92. The fourth-order valence-electron chi connectivity index (χ4n) is 1.67. The molecule has 0 radical (unpaired) electrons. The lowest BCUT2D eigenvalue weighted by Gasteiger charge is -2.12. The molecule has 3 nitrogen and oxygen atoms in total. The van der Waals surface area contributed by atoms with E-state index in [2.05, 4.69) is 0 Å². The SMILES string of the molecule is NCC(N)c1cccc(Oc2cc(Cl)cc(Cl)c2)c1. The van der Waals surface area contributed by atoms with Crippen LogP contribution < -0.4 is 16.2 Å². The summed E-state index contributed by atoms with van der Waals surface area (Å²) in [5, 5.41) is 1.05. The van der Waals surface area contributed by atoms with E-state index in [1.807, 2.05) is 24.3 Å². The van der Waals surface area contributed by atoms with Crippen molar-refractivity contribution in [2.24, 2.45) is 11.5 Å². The Balaban J connectivity index is 2.23. The Hall–Kier alpha value is -1.26. The fourth-order valence-corrected chi connectivity index (χ4v) is 2.17. The minimum absolute atomic E-state index is 0.202. The molecular weight excluding hydrogens is 283 g/mol. The third-order valence-electron chi connectivity index (χ3n) is 2.61. The monoisotopic (exact) mass is 296 g/mol. The zero-order chi connectivity index (χ0) is 13.8. The van der Waals surface area contributed by atoms with Gasteiger partial charge in [-0.05, 0) is 35.9 Å². The van der Waals surface area contributed by atoms with Gasteiger partial charge < -0.3 is 16.2 Å². The molecule has 0 spiro atoms. The average molecular weight is 297 g/mol. The van der Waals surface area contributed by atoms with E-state index in [4.69, 9.17) is 39.4 Å². The molecule has 0 aromatic heterocycles. The van der Waals surface area contributed by atoms with Gasteiger partial charge in [0.15, 0.2) is 0 Å². The van der Waals surface area contributed by atoms with Gasteiger partial charge in [0.05, 0.1) is 0 Å². The van der Waals surface area contributed by atoms with Gasteiger partial charge in [-0.1, -0.05) is 35.3 Å². The van der Waals surface area contributed by atoms with Gasteiger partial charge >= 0.3 is 0 Å². The second-order valence-electron chi connectivity index (χ2n) is 4.12. The standard InChI is InChI=1S/C14H14Cl2N2O/c15-10-5-11(16)7-13(6-10)19-12-3-1-2-9(4-12)14(18)8-17/h1-7,14H,8,17-18H2. The highest BCUT2D eigenvalue weighted by Crippen LogP contribution is 2.29. The van der Waals surface area contributed by atoms with Crippen LogP contribution in [0.4, 0.5) is 0 Å². The molecule has 2 aromatic carbocycles. The van der Waals surface area contributed by atoms with Crippen LogP contribution in [0.15, 0.2) is 42.5 Å². The molecule has 0 heterocycles. The van der Waals surface area contributed by atoms with Gasteiger partial charge in [0, 0.05) is 22.6 Å². The first kappa shape index (κ1) is 14.2. The van der Waals surface area contributed by atoms with Crippen LogP contribution >= 0.6 is 23.2 Å². The van der Waals surface area contributed by atoms with E-state index < -0.39 is 0 Å². The van der Waals surface area contributed by atoms with Crippen molar-refractivity contribution in [1.82, 2.24) is 0 Å². The largest absolute Gasteiger partial charge is 0.457 e. The Bertz CT molecular complexity index is 555. The molecule has 1 unspecified atom stereocenters. The molecule has 2 aromatic rings. The first-order chi connectivity index (χ1) is 9.08. The number of benzene rings is 2. The lowest BCUT2D eigenvalue weighted by atomic mass is 10.1. The van der Waals surface area contributed by atoms with Crippen molar-refractivity contribution < 1.29 is 4.74 Å². The Kier molecular flexibility index (Phi) is 4.66. The molecule has 2 rings (SSSR count). The Morgan fingerprint density at radius 3 is 2.32 bits per heavy atom. The maximum Gasteiger partial charge on any atom is 0.130 e. The van der Waals surface area contributed by atoms with Crippen molar-refractivity contribution >= 4 is 23.2 Å². The molecule has 0 aliphatic rings. The van der Waals surface area contributed by atoms with Crippen LogP contribution in [0.2, 0.25) is 10.0 Å². The number of hydrogen-bond acceptors (Lipinski definition) is 3. The number of rotatable bonds is 4. The van der Waals surface area contributed by atoms with Crippen LogP contribution in [0.25, 0.3) is 0 Å². The fraction of sp³-hybridized carbons (Fsp3) is 0.143. The number of ether oxygens (including phenoxy) is 1. The first-order valence-corrected chi connectivity index (χ1v) is 6.53. The van der Waals surface area contributed by atoms with Crippen LogP contribution in [-0.4, -0.2) is 6.54 Å². The van der Waals surface area contributed by atoms with E-state index in [1.54, 1.807) is 18.2 Å². The van der Waals surface area contributed by atoms with Crippen molar-refractivity contribution in [2.45, 2.75) is 6.04 Å². The summed E-state index contributed by atoms with van der Waals surface area (Å²) in [4.78, 5) is 0. The second kappa shape index (κ2) is 6.26. The quantitative estimate of drug-likeness (QED) is 0.903. The number of hydrogen-bond donors (Lipinski definition) is 2. The number of nitrogens with two attached hydrogens (primary N) is 2. The van der Waals surface area contributed by atoms with Crippen molar-refractivity contribution in [3.63, 3.8) is 0 Å². The zero-order valence-corrected chi connectivity index (χ0v) is 11.7. The van der Waals surface area contributed by atoms with Crippen LogP contribution in [-0.2, 0) is 0 Å². The lowest BCUT2D eigenvalue weighted by molar-refractivity contribution is 0.481. The normalized spacial score (nSPS) is 12.2. The van der Waals surface area contributed by atoms with Gasteiger partial charge in [-0.25, -0.2) is 0 Å². The molecule has 4 N–H and O–H groups in total. The summed E-state index contributed by atoms with van der Waals surface area (Å²) in [6.07, 6.45) is 0. The minimum Gasteiger partial charge on any atom is -0.457 e. The van der Waals surface area contributed by atoms with Gasteiger partial charge in [-0.3, -0.25) is 0 Å². The van der Waals surface area contributed by atoms with Gasteiger partial charge in [0.25, 0.3) is 0 Å². The van der Waals surface area contributed by atoms with E-state index in [0.717, 1.165) is 5.56 Å². The van der Waals surface area contributed by atoms with Gasteiger partial charge in [-0.15, -0.1) is 0 Å². The Labute approximate surface area is 122 Å². The van der Waals surface area contributed by atoms with Crippen molar-refractivity contribution in [2.75, 3.05) is 6.54 Å². The third-order valence-corrected chi connectivity index (χ3v) is 3.05. The van der Waals surface area contributed by atoms with E-state index in [-0.39, 0.29) is 6.04 Å². The zero-order valence-electron chi connectivity index (χ0n) is 10.1. The van der Waals surface area contributed by atoms with Gasteiger partial charge in [-0.2, -0.15) is 0 Å². The minimum atomic E-state index is -0.202. The summed E-state index contributed by atoms with van der Waals surface area (Å²) < 4.78 is 5.71. The van der Waals surface area contributed by atoms with Crippen LogP contribution in [0.1, 0.15) is 11.6 Å². The van der Waals surface area contributed by atoms with Crippen molar-refractivity contribution in [3.05, 3.63) is 58.1 Å². The van der Waals surface area contributed by atoms with E-state index in [9.17, 15) is 0 Å². The molecule has 19 heavy (non-hydrogen) atoms. The molecule has 0 aliphatic carbocycles. The molecule has 0 aliphatic heterocycles. The van der Waals surface area contributed by atoms with Crippen molar-refractivity contribution in [1.29, 1.82) is 0 Å². The second-order valence-corrected chi connectivity index (χ2v) is 4.99. The number of halogens is 2. The Morgan fingerprint density at radius 2 is 1.68 bits per heavy atom. The molecule has 100 valence electrons. The third kappa shape index (κ3) is 3.85. The van der Waals surface area contributed by atoms with Gasteiger partial charge in [0.2, 0.25) is 0 Å². The topological polar surface area (TPSA) is 61.3 Å². The summed E-state index contributed by atoms with van der Waals surface area (Å²) in [5.41, 5.74) is 12.4. The maximum atomic E-state index is 5.92.